The predicted octanol–water partition coefficient (Wildman–Crippen LogP) is 3.37. The molecule has 1 aromatic carbocycles. The number of piperidine rings is 1. The quantitative estimate of drug-likeness (QED) is 0.504. The number of piperazine rings is 1. The Morgan fingerprint density at radius 2 is 1.85 bits per heavy atom. The lowest BCUT2D eigenvalue weighted by Gasteiger charge is -2.41. The highest BCUT2D eigenvalue weighted by atomic mass is 16.3. The summed E-state index contributed by atoms with van der Waals surface area (Å²) in [5.41, 5.74) is 4.74. The van der Waals surface area contributed by atoms with Crippen LogP contribution in [0.5, 0.6) is 0 Å². The van der Waals surface area contributed by atoms with Gasteiger partial charge in [-0.15, -0.1) is 0 Å². The number of anilines is 3. The van der Waals surface area contributed by atoms with Gasteiger partial charge in [-0.25, -0.2) is 4.98 Å². The van der Waals surface area contributed by atoms with E-state index in [1.807, 2.05) is 67.3 Å². The lowest BCUT2D eigenvalue weighted by atomic mass is 10.0. The van der Waals surface area contributed by atoms with Crippen molar-refractivity contribution >= 4 is 23.1 Å². The summed E-state index contributed by atoms with van der Waals surface area (Å²) in [5, 5.41) is 23.2. The molecule has 2 aliphatic rings. The summed E-state index contributed by atoms with van der Waals surface area (Å²) in [5.74, 6) is 0.746. The van der Waals surface area contributed by atoms with Crippen molar-refractivity contribution in [1.82, 2.24) is 14.9 Å². The number of aryl methyl sites for hydroxylation is 2. The number of hydrogen-bond acceptors (Lipinski definition) is 8. The molecular weight excluding hydrogens is 490 g/mol. The Kier molecular flexibility index (Phi) is 7.94. The van der Waals surface area contributed by atoms with Crippen molar-refractivity contribution in [2.45, 2.75) is 38.8 Å². The molecule has 9 heteroatoms. The Bertz CT molecular complexity index is 1350. The number of aliphatic hydroxyl groups excluding tert-OH is 1. The number of para-hydroxylation sites is 1. The Hall–Kier alpha value is -4.16. The molecule has 2 aliphatic heterocycles. The first-order valence-corrected chi connectivity index (χ1v) is 13.5. The van der Waals surface area contributed by atoms with Gasteiger partial charge in [0.05, 0.1) is 46.5 Å². The zero-order valence-electron chi connectivity index (χ0n) is 22.5. The van der Waals surface area contributed by atoms with Gasteiger partial charge in [-0.3, -0.25) is 9.78 Å². The molecule has 1 amide bonds. The number of pyridine rings is 2. The number of aromatic nitrogens is 2. The summed E-state index contributed by atoms with van der Waals surface area (Å²) in [6.45, 7) is 7.06. The van der Waals surface area contributed by atoms with E-state index < -0.39 is 0 Å². The van der Waals surface area contributed by atoms with E-state index in [9.17, 15) is 15.2 Å². The molecule has 9 nitrogen and oxygen atoms in total. The molecule has 0 aliphatic carbocycles. The lowest BCUT2D eigenvalue weighted by Crippen LogP contribution is -2.56. The van der Waals surface area contributed by atoms with Crippen LogP contribution >= 0.6 is 0 Å². The van der Waals surface area contributed by atoms with Crippen molar-refractivity contribution < 1.29 is 9.90 Å². The van der Waals surface area contributed by atoms with E-state index in [4.69, 9.17) is 4.98 Å². The van der Waals surface area contributed by atoms with Crippen molar-refractivity contribution in [1.29, 1.82) is 5.26 Å². The third-order valence-electron chi connectivity index (χ3n) is 7.78. The van der Waals surface area contributed by atoms with E-state index in [-0.39, 0.29) is 24.6 Å². The van der Waals surface area contributed by atoms with Gasteiger partial charge < -0.3 is 25.1 Å². The van der Waals surface area contributed by atoms with Crippen molar-refractivity contribution in [3.63, 3.8) is 0 Å². The third-order valence-corrected chi connectivity index (χ3v) is 7.78. The number of nitriles is 1. The van der Waals surface area contributed by atoms with Gasteiger partial charge in [-0.1, -0.05) is 18.2 Å². The van der Waals surface area contributed by atoms with Gasteiger partial charge in [0.2, 0.25) is 0 Å². The van der Waals surface area contributed by atoms with E-state index >= 15 is 0 Å². The van der Waals surface area contributed by atoms with Crippen LogP contribution in [0.2, 0.25) is 0 Å². The fraction of sp³-hybridized carbons (Fsp3) is 0.400. The maximum absolute atomic E-state index is 13.7. The molecule has 0 spiro atoms. The minimum Gasteiger partial charge on any atom is -0.394 e. The molecule has 39 heavy (non-hydrogen) atoms. The first kappa shape index (κ1) is 26.4. The number of hydrogen-bond donors (Lipinski definition) is 2. The van der Waals surface area contributed by atoms with Gasteiger partial charge in [0, 0.05) is 45.0 Å². The number of nitrogens with zero attached hydrogens (tertiary/aromatic N) is 6. The summed E-state index contributed by atoms with van der Waals surface area (Å²) in [6.07, 6.45) is 3.58. The van der Waals surface area contributed by atoms with E-state index in [1.54, 1.807) is 6.20 Å². The van der Waals surface area contributed by atoms with Crippen molar-refractivity contribution in [3.8, 4) is 6.07 Å². The van der Waals surface area contributed by atoms with Gasteiger partial charge in [-0.2, -0.15) is 5.26 Å². The van der Waals surface area contributed by atoms with Crippen molar-refractivity contribution in [3.05, 3.63) is 77.2 Å². The van der Waals surface area contributed by atoms with Crippen LogP contribution in [0.15, 0.2) is 54.7 Å². The Labute approximate surface area is 229 Å². The number of rotatable bonds is 6. The molecule has 2 saturated heterocycles. The molecule has 2 aromatic heterocycles. The van der Waals surface area contributed by atoms with Crippen LogP contribution in [0.4, 0.5) is 17.2 Å². The second-order valence-electron chi connectivity index (χ2n) is 10.3. The first-order chi connectivity index (χ1) is 19.0. The monoisotopic (exact) mass is 525 g/mol. The number of carbonyl (C=O) groups is 1. The highest BCUT2D eigenvalue weighted by Crippen LogP contribution is 2.27. The molecule has 2 fully saturated rings. The van der Waals surface area contributed by atoms with Crippen LogP contribution in [0, 0.1) is 25.2 Å². The van der Waals surface area contributed by atoms with E-state index in [1.165, 1.54) is 0 Å². The molecular formula is C30H35N7O2. The third kappa shape index (κ3) is 5.66. The Morgan fingerprint density at radius 1 is 1.08 bits per heavy atom. The van der Waals surface area contributed by atoms with Crippen LogP contribution in [-0.4, -0.2) is 77.3 Å². The van der Waals surface area contributed by atoms with Gasteiger partial charge in [0.1, 0.15) is 11.9 Å². The van der Waals surface area contributed by atoms with Crippen LogP contribution in [-0.2, 0) is 0 Å². The normalized spacial score (nSPS) is 18.1. The summed E-state index contributed by atoms with van der Waals surface area (Å²) in [6, 6.07) is 17.7. The van der Waals surface area contributed by atoms with Gasteiger partial charge >= 0.3 is 0 Å². The number of amides is 1. The van der Waals surface area contributed by atoms with Crippen molar-refractivity contribution in [2.24, 2.45) is 0 Å². The highest BCUT2D eigenvalue weighted by Gasteiger charge is 2.31. The highest BCUT2D eigenvalue weighted by molar-refractivity contribution is 5.96. The second-order valence-corrected chi connectivity index (χ2v) is 10.3. The fourth-order valence-corrected chi connectivity index (χ4v) is 5.61. The number of nitrogens with one attached hydrogen (secondary N) is 1. The maximum Gasteiger partial charge on any atom is 0.255 e. The minimum absolute atomic E-state index is 0.0597. The number of aliphatic hydroxyl groups is 1. The summed E-state index contributed by atoms with van der Waals surface area (Å²) in [7, 11) is 0. The summed E-state index contributed by atoms with van der Waals surface area (Å²) < 4.78 is 0. The molecule has 4 heterocycles. The molecule has 3 aromatic rings. The van der Waals surface area contributed by atoms with Gasteiger partial charge in [0.15, 0.2) is 0 Å². The average Bonchev–Trinajstić information content (AvgIpc) is 2.98. The predicted molar refractivity (Wildman–Crippen MR) is 152 cm³/mol. The minimum atomic E-state index is -0.217. The summed E-state index contributed by atoms with van der Waals surface area (Å²) in [4.78, 5) is 28.9. The van der Waals surface area contributed by atoms with Crippen molar-refractivity contribution in [2.75, 3.05) is 54.4 Å². The van der Waals surface area contributed by atoms with E-state index in [0.29, 0.717) is 36.5 Å². The largest absolute Gasteiger partial charge is 0.394 e. The molecule has 0 radical (unpaired) electrons. The summed E-state index contributed by atoms with van der Waals surface area (Å²) >= 11 is 0. The first-order valence-electron chi connectivity index (χ1n) is 13.5. The van der Waals surface area contributed by atoms with Gasteiger partial charge in [-0.05, 0) is 57.0 Å². The van der Waals surface area contributed by atoms with Crippen LogP contribution in [0.1, 0.15) is 40.2 Å². The zero-order chi connectivity index (χ0) is 27.4. The Balaban J connectivity index is 1.26. The molecule has 0 unspecified atom stereocenters. The smallest absolute Gasteiger partial charge is 0.255 e. The van der Waals surface area contributed by atoms with Crippen LogP contribution in [0.3, 0.4) is 0 Å². The molecule has 1 atom stereocenters. The molecule has 2 N–H and O–H groups in total. The van der Waals surface area contributed by atoms with Crippen LogP contribution < -0.4 is 15.1 Å². The van der Waals surface area contributed by atoms with E-state index in [0.717, 1.165) is 48.8 Å². The Morgan fingerprint density at radius 3 is 2.56 bits per heavy atom. The van der Waals surface area contributed by atoms with E-state index in [2.05, 4.69) is 26.2 Å². The molecule has 202 valence electrons. The number of carbonyl (C=O) groups excluding carboxylic acids is 1. The second kappa shape index (κ2) is 11.7. The maximum atomic E-state index is 13.7. The van der Waals surface area contributed by atoms with Crippen LogP contribution in [0.25, 0.3) is 0 Å². The fourth-order valence-electron chi connectivity index (χ4n) is 5.61. The standard InChI is InChI=1S/C30H35N7O2/c1-21-26(30(39)36-15-16-37(25(19-36)20-38)29-9-5-6-12-32-29)17-27(22(2)33-21)34-24-10-13-35(14-11-24)28-8-4-3-7-23(28)18-31/h3-9,12,17,24-25,34,38H,10-11,13-16,19-20H2,1-2H3/t25-/m1/s1. The number of benzene rings is 1. The molecule has 5 rings (SSSR count). The lowest BCUT2D eigenvalue weighted by molar-refractivity contribution is 0.0697. The molecule has 0 bridgehead atoms. The SMILES string of the molecule is Cc1nc(C)c(C(=O)N2CCN(c3ccccn3)[C@@H](CO)C2)cc1NC1CCN(c2ccccc2C#N)CC1. The topological polar surface area (TPSA) is 109 Å². The average molecular weight is 526 g/mol. The van der Waals surface area contributed by atoms with Gasteiger partial charge in [0.25, 0.3) is 5.91 Å². The zero-order valence-corrected chi connectivity index (χ0v) is 22.5. The molecule has 0 saturated carbocycles.